The van der Waals surface area contributed by atoms with E-state index < -0.39 is 12.1 Å². The predicted molar refractivity (Wildman–Crippen MR) is 149 cm³/mol. The van der Waals surface area contributed by atoms with E-state index in [1.54, 1.807) is 0 Å². The van der Waals surface area contributed by atoms with Crippen LogP contribution in [-0.2, 0) is 11.3 Å². The molecule has 0 spiro atoms. The van der Waals surface area contributed by atoms with Gasteiger partial charge in [-0.15, -0.1) is 0 Å². The average molecular weight is 521 g/mol. The third-order valence-electron chi connectivity index (χ3n) is 7.94. The number of hydrazone groups is 1. The van der Waals surface area contributed by atoms with E-state index in [9.17, 15) is 15.0 Å². The summed E-state index contributed by atoms with van der Waals surface area (Å²) in [5.74, 6) is -0.426. The number of likely N-dealkylation sites (tertiary alicyclic amines) is 2. The molecule has 0 aromatic heterocycles. The number of amides is 1. The van der Waals surface area contributed by atoms with Crippen LogP contribution in [0.1, 0.15) is 68.3 Å². The molecule has 0 radical (unpaired) electrons. The Morgan fingerprint density at radius 1 is 0.947 bits per heavy atom. The van der Waals surface area contributed by atoms with Crippen LogP contribution >= 0.6 is 0 Å². The van der Waals surface area contributed by atoms with Gasteiger partial charge < -0.3 is 20.8 Å². The number of nitrogens with zero attached hydrogens (tertiary/aromatic N) is 5. The molecule has 2 aromatic rings. The van der Waals surface area contributed by atoms with Gasteiger partial charge in [0.05, 0.1) is 6.54 Å². The Morgan fingerprint density at radius 3 is 2.18 bits per heavy atom. The van der Waals surface area contributed by atoms with E-state index >= 15 is 0 Å². The molecule has 0 bridgehead atoms. The van der Waals surface area contributed by atoms with Crippen LogP contribution in [0.2, 0.25) is 0 Å². The van der Waals surface area contributed by atoms with E-state index in [1.807, 2.05) is 42.0 Å². The molecular weight excluding hydrogens is 480 g/mol. The number of amidine groups is 1. The lowest BCUT2D eigenvalue weighted by Crippen LogP contribution is -2.42. The SMILES string of the molecule is CC(C)c1cc(C2N(CCN3CCCC3)N=C(C(N)=O)N2c2ccc(CN3CCCC3)cc2)c(O)cc1O. The van der Waals surface area contributed by atoms with Crippen molar-refractivity contribution in [3.05, 3.63) is 53.1 Å². The van der Waals surface area contributed by atoms with E-state index in [-0.39, 0.29) is 23.3 Å². The van der Waals surface area contributed by atoms with Crippen molar-refractivity contribution in [2.45, 2.75) is 58.2 Å². The zero-order valence-corrected chi connectivity index (χ0v) is 22.5. The highest BCUT2D eigenvalue weighted by Gasteiger charge is 2.40. The first-order valence-electron chi connectivity index (χ1n) is 13.9. The molecule has 1 atom stereocenters. The normalized spacial score (nSPS) is 20.6. The summed E-state index contributed by atoms with van der Waals surface area (Å²) in [6.07, 6.45) is 4.28. The van der Waals surface area contributed by atoms with Crippen LogP contribution in [0, 0.1) is 0 Å². The van der Waals surface area contributed by atoms with Gasteiger partial charge in [-0.05, 0) is 87.1 Å². The van der Waals surface area contributed by atoms with Crippen LogP contribution in [0.4, 0.5) is 5.69 Å². The molecule has 9 heteroatoms. The molecule has 1 amide bonds. The number of aromatic hydroxyl groups is 2. The van der Waals surface area contributed by atoms with E-state index in [0.29, 0.717) is 12.1 Å². The zero-order chi connectivity index (χ0) is 26.8. The minimum atomic E-state index is -0.623. The van der Waals surface area contributed by atoms with E-state index in [4.69, 9.17) is 10.8 Å². The Bertz CT molecular complexity index is 1170. The van der Waals surface area contributed by atoms with Crippen molar-refractivity contribution in [3.63, 3.8) is 0 Å². The quantitative estimate of drug-likeness (QED) is 0.464. The number of nitrogens with two attached hydrogens (primary N) is 1. The summed E-state index contributed by atoms with van der Waals surface area (Å²) in [6.45, 7) is 10.6. The summed E-state index contributed by atoms with van der Waals surface area (Å²) >= 11 is 0. The van der Waals surface area contributed by atoms with Crippen molar-refractivity contribution in [2.24, 2.45) is 10.8 Å². The number of hydrogen-bond donors (Lipinski definition) is 3. The molecule has 2 fully saturated rings. The molecule has 3 aliphatic heterocycles. The van der Waals surface area contributed by atoms with Crippen LogP contribution in [0.15, 0.2) is 41.5 Å². The van der Waals surface area contributed by atoms with Crippen molar-refractivity contribution in [1.82, 2.24) is 14.8 Å². The smallest absolute Gasteiger partial charge is 0.286 e. The fraction of sp³-hybridized carbons (Fsp3) is 0.517. The lowest BCUT2D eigenvalue weighted by Gasteiger charge is -2.33. The van der Waals surface area contributed by atoms with Crippen molar-refractivity contribution in [3.8, 4) is 11.5 Å². The Kier molecular flexibility index (Phi) is 7.76. The Balaban J connectivity index is 1.52. The van der Waals surface area contributed by atoms with E-state index in [0.717, 1.165) is 50.5 Å². The molecule has 5 rings (SSSR count). The van der Waals surface area contributed by atoms with Gasteiger partial charge in [-0.25, -0.2) is 0 Å². The van der Waals surface area contributed by atoms with Gasteiger partial charge in [0, 0.05) is 30.4 Å². The maximum atomic E-state index is 12.7. The number of benzene rings is 2. The van der Waals surface area contributed by atoms with Crippen molar-refractivity contribution in [2.75, 3.05) is 44.2 Å². The van der Waals surface area contributed by atoms with Gasteiger partial charge >= 0.3 is 0 Å². The van der Waals surface area contributed by atoms with Crippen molar-refractivity contribution in [1.29, 1.82) is 0 Å². The number of hydrogen-bond acceptors (Lipinski definition) is 8. The second-order valence-corrected chi connectivity index (χ2v) is 11.0. The van der Waals surface area contributed by atoms with Crippen LogP contribution in [-0.4, -0.2) is 76.0 Å². The Hall–Kier alpha value is -3.30. The second kappa shape index (κ2) is 11.2. The number of carbonyl (C=O) groups is 1. The van der Waals surface area contributed by atoms with Gasteiger partial charge in [0.15, 0.2) is 6.17 Å². The molecule has 2 saturated heterocycles. The highest BCUT2D eigenvalue weighted by molar-refractivity contribution is 6.43. The van der Waals surface area contributed by atoms with Gasteiger partial charge in [0.1, 0.15) is 11.5 Å². The van der Waals surface area contributed by atoms with Crippen LogP contribution in [0.25, 0.3) is 0 Å². The molecule has 3 heterocycles. The molecule has 38 heavy (non-hydrogen) atoms. The molecule has 0 saturated carbocycles. The van der Waals surface area contributed by atoms with Crippen LogP contribution in [0.3, 0.4) is 0 Å². The summed E-state index contributed by atoms with van der Waals surface area (Å²) < 4.78 is 0. The molecule has 204 valence electrons. The van der Waals surface area contributed by atoms with Gasteiger partial charge in [0.25, 0.3) is 5.91 Å². The van der Waals surface area contributed by atoms with E-state index in [1.165, 1.54) is 37.3 Å². The van der Waals surface area contributed by atoms with Crippen molar-refractivity contribution >= 4 is 17.4 Å². The summed E-state index contributed by atoms with van der Waals surface area (Å²) in [5, 5.41) is 28.1. The molecular formula is C29H40N6O3. The zero-order valence-electron chi connectivity index (χ0n) is 22.5. The molecule has 1 unspecified atom stereocenters. The highest BCUT2D eigenvalue weighted by atomic mass is 16.3. The summed E-state index contributed by atoms with van der Waals surface area (Å²) in [4.78, 5) is 19.3. The van der Waals surface area contributed by atoms with Gasteiger partial charge in [-0.3, -0.25) is 19.6 Å². The second-order valence-electron chi connectivity index (χ2n) is 11.0. The number of anilines is 1. The fourth-order valence-electron chi connectivity index (χ4n) is 5.87. The third-order valence-corrected chi connectivity index (χ3v) is 7.94. The molecule has 9 nitrogen and oxygen atoms in total. The third kappa shape index (κ3) is 5.44. The largest absolute Gasteiger partial charge is 0.508 e. The molecule has 0 aliphatic carbocycles. The minimum Gasteiger partial charge on any atom is -0.508 e. The van der Waals surface area contributed by atoms with Crippen molar-refractivity contribution < 1.29 is 15.0 Å². The van der Waals surface area contributed by atoms with E-state index in [2.05, 4.69) is 21.9 Å². The highest BCUT2D eigenvalue weighted by Crippen LogP contribution is 2.42. The first kappa shape index (κ1) is 26.3. The number of primary amides is 1. The molecule has 4 N–H and O–H groups in total. The van der Waals surface area contributed by atoms with Gasteiger partial charge in [-0.2, -0.15) is 5.10 Å². The first-order chi connectivity index (χ1) is 18.3. The molecule has 3 aliphatic rings. The topological polar surface area (TPSA) is 109 Å². The lowest BCUT2D eigenvalue weighted by molar-refractivity contribution is -0.112. The number of phenols is 2. The first-order valence-corrected chi connectivity index (χ1v) is 13.9. The average Bonchev–Trinajstić information content (AvgIpc) is 3.65. The number of rotatable bonds is 9. The summed E-state index contributed by atoms with van der Waals surface area (Å²) in [6, 6.07) is 11.4. The number of phenolic OH excluding ortho intramolecular Hbond substituents is 2. The van der Waals surface area contributed by atoms with Gasteiger partial charge in [-0.1, -0.05) is 26.0 Å². The maximum absolute atomic E-state index is 12.7. The molecule has 2 aromatic carbocycles. The van der Waals surface area contributed by atoms with Gasteiger partial charge in [0.2, 0.25) is 5.84 Å². The lowest BCUT2D eigenvalue weighted by atomic mass is 9.97. The Morgan fingerprint density at radius 2 is 1.58 bits per heavy atom. The fourth-order valence-corrected chi connectivity index (χ4v) is 5.87. The minimum absolute atomic E-state index is 0.0420. The summed E-state index contributed by atoms with van der Waals surface area (Å²) in [5.41, 5.74) is 9.16. The maximum Gasteiger partial charge on any atom is 0.286 e. The predicted octanol–water partition coefficient (Wildman–Crippen LogP) is 3.53. The number of carbonyl (C=O) groups excluding carboxylic acids is 1. The van der Waals surface area contributed by atoms with Crippen LogP contribution < -0.4 is 10.6 Å². The summed E-state index contributed by atoms with van der Waals surface area (Å²) in [7, 11) is 0. The standard InChI is InChI=1S/C29H40N6O3/c1-20(2)23-17-24(26(37)18-25(23)36)29-34(16-15-32-11-3-4-12-32)31-28(27(30)38)35(29)22-9-7-21(8-10-22)19-33-13-5-6-14-33/h7-10,17-18,20,29,36-37H,3-6,11-16,19H2,1-2H3,(H2,30,38). The monoisotopic (exact) mass is 520 g/mol. The Labute approximate surface area is 225 Å². The van der Waals surface area contributed by atoms with Crippen LogP contribution in [0.5, 0.6) is 11.5 Å².